The van der Waals surface area contributed by atoms with Crippen LogP contribution in [-0.2, 0) is 6.42 Å². The molecular weight excluding hydrogens is 172 g/mol. The van der Waals surface area contributed by atoms with Gasteiger partial charge >= 0.3 is 0 Å². The summed E-state index contributed by atoms with van der Waals surface area (Å²) in [6.07, 6.45) is 0.235. The summed E-state index contributed by atoms with van der Waals surface area (Å²) in [5, 5.41) is 0. The van der Waals surface area contributed by atoms with Crippen molar-refractivity contribution < 1.29 is 8.78 Å². The molecule has 1 atom stereocenters. The van der Waals surface area contributed by atoms with E-state index in [0.29, 0.717) is 5.56 Å². The molecule has 13 heavy (non-hydrogen) atoms. The van der Waals surface area contributed by atoms with Crippen LogP contribution in [0.2, 0.25) is 0 Å². The third kappa shape index (κ3) is 2.25. The molecule has 0 fully saturated rings. The van der Waals surface area contributed by atoms with Crippen LogP contribution in [0.3, 0.4) is 0 Å². The molecule has 1 aromatic rings. The van der Waals surface area contributed by atoms with Gasteiger partial charge in [0.05, 0.1) is 0 Å². The lowest BCUT2D eigenvalue weighted by Gasteiger charge is -2.09. The molecule has 1 rings (SSSR count). The second kappa shape index (κ2) is 3.83. The normalized spacial score (nSPS) is 13.0. The van der Waals surface area contributed by atoms with E-state index in [9.17, 15) is 8.78 Å². The van der Waals surface area contributed by atoms with Gasteiger partial charge in [-0.25, -0.2) is 8.78 Å². The minimum atomic E-state index is -0.514. The van der Waals surface area contributed by atoms with Crippen molar-refractivity contribution in [3.8, 4) is 0 Å². The fourth-order valence-corrected chi connectivity index (χ4v) is 1.22. The van der Waals surface area contributed by atoms with Gasteiger partial charge in [-0.3, -0.25) is 0 Å². The second-order valence-corrected chi connectivity index (χ2v) is 3.34. The highest BCUT2D eigenvalue weighted by atomic mass is 19.1. The first kappa shape index (κ1) is 10.1. The number of nitrogens with two attached hydrogens (primary N) is 1. The average molecular weight is 185 g/mol. The van der Waals surface area contributed by atoms with E-state index in [4.69, 9.17) is 5.73 Å². The molecule has 72 valence electrons. The first-order valence-corrected chi connectivity index (χ1v) is 4.21. The van der Waals surface area contributed by atoms with Gasteiger partial charge in [-0.1, -0.05) is 6.07 Å². The first-order chi connectivity index (χ1) is 6.02. The highest BCUT2D eigenvalue weighted by molar-refractivity contribution is 5.27. The molecule has 0 bridgehead atoms. The van der Waals surface area contributed by atoms with Crippen molar-refractivity contribution in [3.05, 3.63) is 34.9 Å². The van der Waals surface area contributed by atoms with Crippen LogP contribution in [0, 0.1) is 18.6 Å². The molecule has 0 aliphatic carbocycles. The largest absolute Gasteiger partial charge is 0.328 e. The highest BCUT2D eigenvalue weighted by Gasteiger charge is 2.12. The number of rotatable bonds is 2. The van der Waals surface area contributed by atoms with E-state index >= 15 is 0 Å². The third-order valence-corrected chi connectivity index (χ3v) is 1.91. The molecule has 0 amide bonds. The smallest absolute Gasteiger partial charge is 0.132 e. The fraction of sp³-hybridized carbons (Fsp3) is 0.400. The molecule has 1 nitrogen and oxygen atoms in total. The molecule has 1 aromatic carbocycles. The topological polar surface area (TPSA) is 26.0 Å². The Morgan fingerprint density at radius 1 is 1.38 bits per heavy atom. The van der Waals surface area contributed by atoms with Gasteiger partial charge in [0.25, 0.3) is 0 Å². The predicted octanol–water partition coefficient (Wildman–Crippen LogP) is 2.16. The van der Waals surface area contributed by atoms with E-state index in [-0.39, 0.29) is 18.0 Å². The highest BCUT2D eigenvalue weighted by Crippen LogP contribution is 2.17. The second-order valence-electron chi connectivity index (χ2n) is 3.34. The Labute approximate surface area is 76.6 Å². The fourth-order valence-electron chi connectivity index (χ4n) is 1.22. The van der Waals surface area contributed by atoms with Crippen LogP contribution >= 0.6 is 0 Å². The van der Waals surface area contributed by atoms with Gasteiger partial charge in [-0.2, -0.15) is 0 Å². The number of hydrogen-bond donors (Lipinski definition) is 1. The van der Waals surface area contributed by atoms with Crippen molar-refractivity contribution in [1.29, 1.82) is 0 Å². The zero-order chi connectivity index (χ0) is 10.0. The summed E-state index contributed by atoms with van der Waals surface area (Å²) in [7, 11) is 0. The Hall–Kier alpha value is -0.960. The molecule has 0 spiro atoms. The molecule has 0 radical (unpaired) electrons. The van der Waals surface area contributed by atoms with Gasteiger partial charge in [0, 0.05) is 11.6 Å². The molecule has 3 heteroatoms. The number of aryl methyl sites for hydroxylation is 1. The van der Waals surface area contributed by atoms with Crippen LogP contribution in [0.1, 0.15) is 18.1 Å². The van der Waals surface area contributed by atoms with Gasteiger partial charge in [-0.05, 0) is 31.9 Å². The summed E-state index contributed by atoms with van der Waals surface area (Å²) in [6, 6.07) is 2.47. The predicted molar refractivity (Wildman–Crippen MR) is 48.4 cm³/mol. The molecule has 0 aliphatic rings. The molecule has 0 aliphatic heterocycles. The van der Waals surface area contributed by atoms with E-state index in [2.05, 4.69) is 0 Å². The van der Waals surface area contributed by atoms with E-state index < -0.39 is 11.6 Å². The zero-order valence-corrected chi connectivity index (χ0v) is 7.77. The van der Waals surface area contributed by atoms with Gasteiger partial charge in [-0.15, -0.1) is 0 Å². The number of hydrogen-bond acceptors (Lipinski definition) is 1. The van der Waals surface area contributed by atoms with Crippen LogP contribution in [0.15, 0.2) is 12.1 Å². The molecule has 0 saturated carbocycles. The van der Waals surface area contributed by atoms with Gasteiger partial charge in [0.15, 0.2) is 0 Å². The monoisotopic (exact) mass is 185 g/mol. The minimum Gasteiger partial charge on any atom is -0.328 e. The van der Waals surface area contributed by atoms with E-state index in [1.807, 2.05) is 0 Å². The molecule has 1 unspecified atom stereocenters. The van der Waals surface area contributed by atoms with Crippen LogP contribution in [-0.4, -0.2) is 6.04 Å². The Bertz CT molecular complexity index is 308. The van der Waals surface area contributed by atoms with Crippen molar-refractivity contribution in [2.75, 3.05) is 0 Å². The maximum Gasteiger partial charge on any atom is 0.132 e. The van der Waals surface area contributed by atoms with Crippen LogP contribution < -0.4 is 5.73 Å². The lowest BCUT2D eigenvalue weighted by Crippen LogP contribution is -2.19. The lowest BCUT2D eigenvalue weighted by atomic mass is 10.0. The first-order valence-electron chi connectivity index (χ1n) is 4.21. The summed E-state index contributed by atoms with van der Waals surface area (Å²) >= 11 is 0. The SMILES string of the molecule is Cc1ccc(F)c(CC(C)N)c1F. The number of halogens is 2. The quantitative estimate of drug-likeness (QED) is 0.750. The Kier molecular flexibility index (Phi) is 2.98. The zero-order valence-electron chi connectivity index (χ0n) is 7.77. The van der Waals surface area contributed by atoms with Crippen molar-refractivity contribution in [2.24, 2.45) is 5.73 Å². The van der Waals surface area contributed by atoms with E-state index in [1.54, 1.807) is 13.8 Å². The summed E-state index contributed by atoms with van der Waals surface area (Å²) in [5.74, 6) is -0.988. The molecular formula is C10H13F2N. The molecule has 0 aromatic heterocycles. The summed E-state index contributed by atoms with van der Waals surface area (Å²) in [6.45, 7) is 3.33. The average Bonchev–Trinajstić information content (AvgIpc) is 2.05. The van der Waals surface area contributed by atoms with Gasteiger partial charge < -0.3 is 5.73 Å². The Balaban J connectivity index is 3.10. The molecule has 0 heterocycles. The maximum atomic E-state index is 13.3. The van der Waals surface area contributed by atoms with Gasteiger partial charge in [0.1, 0.15) is 11.6 Å². The summed E-state index contributed by atoms with van der Waals surface area (Å²) in [4.78, 5) is 0. The van der Waals surface area contributed by atoms with E-state index in [1.165, 1.54) is 12.1 Å². The summed E-state index contributed by atoms with van der Waals surface area (Å²) < 4.78 is 26.4. The third-order valence-electron chi connectivity index (χ3n) is 1.91. The van der Waals surface area contributed by atoms with Crippen molar-refractivity contribution in [2.45, 2.75) is 26.3 Å². The summed E-state index contributed by atoms with van der Waals surface area (Å²) in [5.41, 5.74) is 6.03. The van der Waals surface area contributed by atoms with Crippen LogP contribution in [0.4, 0.5) is 8.78 Å². The van der Waals surface area contributed by atoms with Crippen molar-refractivity contribution in [3.63, 3.8) is 0 Å². The van der Waals surface area contributed by atoms with Crippen molar-refractivity contribution in [1.82, 2.24) is 0 Å². The number of benzene rings is 1. The van der Waals surface area contributed by atoms with Crippen LogP contribution in [0.5, 0.6) is 0 Å². The van der Waals surface area contributed by atoms with Crippen LogP contribution in [0.25, 0.3) is 0 Å². The Morgan fingerprint density at radius 3 is 2.54 bits per heavy atom. The van der Waals surface area contributed by atoms with Crippen molar-refractivity contribution >= 4 is 0 Å². The van der Waals surface area contributed by atoms with Gasteiger partial charge in [0.2, 0.25) is 0 Å². The standard InChI is InChI=1S/C10H13F2N/c1-6-3-4-9(11)8(10(6)12)5-7(2)13/h3-4,7H,5,13H2,1-2H3. The molecule has 0 saturated heterocycles. The minimum absolute atomic E-state index is 0.0926. The lowest BCUT2D eigenvalue weighted by molar-refractivity contribution is 0.537. The van der Waals surface area contributed by atoms with E-state index in [0.717, 1.165) is 0 Å². The maximum absolute atomic E-state index is 13.3. The Morgan fingerprint density at radius 2 is 2.00 bits per heavy atom. The molecule has 2 N–H and O–H groups in total.